The number of alkyl halides is 3. The Labute approximate surface area is 272 Å². The standard InChI is InChI=1S/C33H31ClF3N7O3/c34-22-6-4-20(5-7-22)27-18-46-29-24(2-1-3-26(29)47-27)19-8-11-43(12-9-19)17-28-39-25-14-21(30-40-32(42-41-30)33(35,36)37)15-38-31(25)44(28)16-23-10-13-45-23/h1-7,14-15,19,23,27H,8-13,16-18H2,(H,40,41,42)/t23-,27-/m0/s1. The smallest absolute Gasteiger partial charge is 0.451 e. The quantitative estimate of drug-likeness (QED) is 0.208. The molecular formula is C33H31ClF3N7O3. The maximum absolute atomic E-state index is 13.1. The molecule has 0 aliphatic carbocycles. The van der Waals surface area contributed by atoms with E-state index in [4.69, 9.17) is 30.8 Å². The van der Waals surface area contributed by atoms with E-state index in [2.05, 4.69) is 30.6 Å². The van der Waals surface area contributed by atoms with Gasteiger partial charge >= 0.3 is 6.18 Å². The molecule has 10 nitrogen and oxygen atoms in total. The fourth-order valence-electron chi connectivity index (χ4n) is 6.53. The van der Waals surface area contributed by atoms with Crippen LogP contribution in [0.5, 0.6) is 11.5 Å². The highest BCUT2D eigenvalue weighted by atomic mass is 35.5. The SMILES string of the molecule is FC(F)(F)c1nc(-c2cnc3c(c2)nc(CN2CCC(c4cccc5c4OC[C@@H](c4ccc(Cl)cc4)O5)CC2)n3C[C@@H]2CCO2)n[nH]1. The molecule has 0 saturated carbocycles. The Bertz CT molecular complexity index is 1900. The molecule has 3 aliphatic rings. The predicted molar refractivity (Wildman–Crippen MR) is 166 cm³/mol. The van der Waals surface area contributed by atoms with Gasteiger partial charge in [-0.05, 0) is 68.1 Å². The third kappa shape index (κ3) is 6.03. The second-order valence-electron chi connectivity index (χ2n) is 12.2. The maximum Gasteiger partial charge on any atom is 0.451 e. The monoisotopic (exact) mass is 665 g/mol. The molecule has 0 unspecified atom stereocenters. The van der Waals surface area contributed by atoms with Crippen molar-refractivity contribution in [3.05, 3.63) is 82.5 Å². The van der Waals surface area contributed by atoms with Gasteiger partial charge in [0.05, 0.1) is 19.2 Å². The van der Waals surface area contributed by atoms with Crippen molar-refractivity contribution in [2.24, 2.45) is 0 Å². The van der Waals surface area contributed by atoms with Gasteiger partial charge < -0.3 is 18.8 Å². The minimum absolute atomic E-state index is 0.0754. The maximum atomic E-state index is 13.1. The number of fused-ring (bicyclic) bond motifs is 2. The first-order chi connectivity index (χ1) is 22.8. The lowest BCUT2D eigenvalue weighted by Crippen LogP contribution is -2.35. The van der Waals surface area contributed by atoms with E-state index >= 15 is 0 Å². The van der Waals surface area contributed by atoms with Gasteiger partial charge in [-0.2, -0.15) is 18.3 Å². The summed E-state index contributed by atoms with van der Waals surface area (Å²) in [6.07, 6.45) is -0.401. The summed E-state index contributed by atoms with van der Waals surface area (Å²) in [6.45, 7) is 4.10. The number of pyridine rings is 1. The Hall–Kier alpha value is -4.20. The second-order valence-corrected chi connectivity index (χ2v) is 12.6. The number of halogens is 4. The number of para-hydroxylation sites is 1. The van der Waals surface area contributed by atoms with Crippen LogP contribution in [0, 0.1) is 0 Å². The fraction of sp³-hybridized carbons (Fsp3) is 0.394. The van der Waals surface area contributed by atoms with E-state index in [1.807, 2.05) is 41.5 Å². The number of H-pyrrole nitrogens is 1. The second kappa shape index (κ2) is 12.1. The van der Waals surface area contributed by atoms with Crippen LogP contribution in [0.15, 0.2) is 54.7 Å². The van der Waals surface area contributed by atoms with Crippen molar-refractivity contribution in [2.75, 3.05) is 26.3 Å². The average Bonchev–Trinajstić information content (AvgIpc) is 3.68. The zero-order valence-corrected chi connectivity index (χ0v) is 26.0. The minimum atomic E-state index is -4.62. The van der Waals surface area contributed by atoms with Crippen LogP contribution < -0.4 is 9.47 Å². The van der Waals surface area contributed by atoms with E-state index in [0.717, 1.165) is 61.8 Å². The molecule has 3 aliphatic heterocycles. The van der Waals surface area contributed by atoms with Gasteiger partial charge in [-0.15, -0.1) is 0 Å². The molecule has 244 valence electrons. The van der Waals surface area contributed by atoms with E-state index in [0.29, 0.717) is 47.4 Å². The summed E-state index contributed by atoms with van der Waals surface area (Å²) in [5.41, 5.74) is 3.79. The molecule has 6 heterocycles. The van der Waals surface area contributed by atoms with Crippen molar-refractivity contribution >= 4 is 22.8 Å². The van der Waals surface area contributed by atoms with Crippen molar-refractivity contribution in [2.45, 2.75) is 56.7 Å². The number of aromatic amines is 1. The number of imidazole rings is 1. The highest BCUT2D eigenvalue weighted by Crippen LogP contribution is 2.44. The minimum Gasteiger partial charge on any atom is -0.485 e. The van der Waals surface area contributed by atoms with Crippen molar-refractivity contribution < 1.29 is 27.4 Å². The molecule has 0 bridgehead atoms. The molecule has 47 heavy (non-hydrogen) atoms. The average molecular weight is 666 g/mol. The molecule has 2 atom stereocenters. The molecular weight excluding hydrogens is 635 g/mol. The summed E-state index contributed by atoms with van der Waals surface area (Å²) in [5, 5.41) is 6.40. The highest BCUT2D eigenvalue weighted by Gasteiger charge is 2.36. The van der Waals surface area contributed by atoms with Crippen LogP contribution in [0.1, 0.15) is 54.1 Å². The van der Waals surface area contributed by atoms with Crippen LogP contribution in [0.4, 0.5) is 13.2 Å². The summed E-state index contributed by atoms with van der Waals surface area (Å²) in [5.74, 6) is 1.52. The van der Waals surface area contributed by atoms with Gasteiger partial charge in [0.2, 0.25) is 5.82 Å². The van der Waals surface area contributed by atoms with Crippen LogP contribution in [0.3, 0.4) is 0 Å². The molecule has 0 radical (unpaired) electrons. The Kier molecular flexibility index (Phi) is 7.77. The first kappa shape index (κ1) is 30.2. The van der Waals surface area contributed by atoms with Crippen LogP contribution in [-0.4, -0.2) is 67.0 Å². The summed E-state index contributed by atoms with van der Waals surface area (Å²) in [7, 11) is 0. The third-order valence-corrected chi connectivity index (χ3v) is 9.40. The lowest BCUT2D eigenvalue weighted by atomic mass is 9.88. The van der Waals surface area contributed by atoms with Crippen molar-refractivity contribution in [3.63, 3.8) is 0 Å². The van der Waals surface area contributed by atoms with Crippen LogP contribution in [-0.2, 0) is 24.0 Å². The molecule has 3 aromatic heterocycles. The van der Waals surface area contributed by atoms with Gasteiger partial charge in [0.1, 0.15) is 17.9 Å². The van der Waals surface area contributed by atoms with E-state index in [1.165, 1.54) is 11.8 Å². The molecule has 2 fully saturated rings. The molecule has 2 saturated heterocycles. The van der Waals surface area contributed by atoms with Gasteiger partial charge in [-0.25, -0.2) is 15.0 Å². The number of aromatic nitrogens is 6. The lowest BCUT2D eigenvalue weighted by molar-refractivity contribution is -0.144. The Morgan fingerprint density at radius 2 is 1.83 bits per heavy atom. The number of benzene rings is 2. The molecule has 0 spiro atoms. The number of nitrogens with one attached hydrogen (secondary N) is 1. The van der Waals surface area contributed by atoms with E-state index in [9.17, 15) is 13.2 Å². The first-order valence-electron chi connectivity index (χ1n) is 15.7. The Morgan fingerprint density at radius 3 is 2.55 bits per heavy atom. The Balaban J connectivity index is 0.978. The zero-order chi connectivity index (χ0) is 32.1. The van der Waals surface area contributed by atoms with E-state index < -0.39 is 12.0 Å². The van der Waals surface area contributed by atoms with E-state index in [1.54, 1.807) is 6.07 Å². The van der Waals surface area contributed by atoms with Gasteiger partial charge in [0.15, 0.2) is 29.1 Å². The number of ether oxygens (including phenoxy) is 3. The third-order valence-electron chi connectivity index (χ3n) is 9.15. The topological polar surface area (TPSA) is 103 Å². The van der Waals surface area contributed by atoms with Gasteiger partial charge in [-0.3, -0.25) is 10.00 Å². The first-order valence-corrected chi connectivity index (χ1v) is 16.0. The van der Waals surface area contributed by atoms with Crippen LogP contribution in [0.25, 0.3) is 22.6 Å². The zero-order valence-electron chi connectivity index (χ0n) is 25.2. The molecule has 5 aromatic rings. The summed E-state index contributed by atoms with van der Waals surface area (Å²) in [4.78, 5) is 15.5. The number of hydrogen-bond donors (Lipinski definition) is 1. The van der Waals surface area contributed by atoms with Crippen molar-refractivity contribution in [1.29, 1.82) is 0 Å². The largest absolute Gasteiger partial charge is 0.485 e. The molecule has 1 N–H and O–H groups in total. The number of hydrogen-bond acceptors (Lipinski definition) is 8. The number of nitrogens with zero attached hydrogens (tertiary/aromatic N) is 6. The van der Waals surface area contributed by atoms with Crippen LogP contribution >= 0.6 is 11.6 Å². The van der Waals surface area contributed by atoms with Gasteiger partial charge in [-0.1, -0.05) is 35.9 Å². The molecule has 2 aromatic carbocycles. The van der Waals surface area contributed by atoms with Crippen molar-refractivity contribution in [1.82, 2.24) is 34.6 Å². The number of likely N-dealkylation sites (tertiary alicyclic amines) is 1. The summed E-state index contributed by atoms with van der Waals surface area (Å²) in [6, 6.07) is 15.5. The molecule has 8 rings (SSSR count). The van der Waals surface area contributed by atoms with Gasteiger partial charge in [0, 0.05) is 29.0 Å². The summed E-state index contributed by atoms with van der Waals surface area (Å²) < 4.78 is 59.8. The predicted octanol–water partition coefficient (Wildman–Crippen LogP) is 6.57. The summed E-state index contributed by atoms with van der Waals surface area (Å²) >= 11 is 6.07. The normalized spacial score (nSPS) is 20.4. The van der Waals surface area contributed by atoms with Gasteiger partial charge in [0.25, 0.3) is 0 Å². The molecule has 14 heteroatoms. The fourth-order valence-corrected chi connectivity index (χ4v) is 6.66. The number of rotatable bonds is 7. The Morgan fingerprint density at radius 1 is 1.02 bits per heavy atom. The molecule has 0 amide bonds. The van der Waals surface area contributed by atoms with Crippen molar-refractivity contribution in [3.8, 4) is 22.9 Å². The number of piperidine rings is 1. The highest BCUT2D eigenvalue weighted by molar-refractivity contribution is 6.30. The lowest BCUT2D eigenvalue weighted by Gasteiger charge is -2.35. The van der Waals surface area contributed by atoms with Crippen LogP contribution in [0.2, 0.25) is 5.02 Å². The van der Waals surface area contributed by atoms with E-state index in [-0.39, 0.29) is 18.0 Å².